The van der Waals surface area contributed by atoms with Gasteiger partial charge in [0.15, 0.2) is 12.4 Å². The third kappa shape index (κ3) is 5.04. The summed E-state index contributed by atoms with van der Waals surface area (Å²) < 4.78 is 5.44. The molecule has 29 heavy (non-hydrogen) atoms. The van der Waals surface area contributed by atoms with Crippen LogP contribution in [0.2, 0.25) is 0 Å². The van der Waals surface area contributed by atoms with Crippen molar-refractivity contribution in [2.75, 3.05) is 11.9 Å². The van der Waals surface area contributed by atoms with Gasteiger partial charge in [0.05, 0.1) is 10.6 Å². The minimum atomic E-state index is -0.524. The van der Waals surface area contributed by atoms with Crippen LogP contribution in [0.5, 0.6) is 5.75 Å². The molecule has 0 spiro atoms. The lowest BCUT2D eigenvalue weighted by Crippen LogP contribution is -2.20. The molecule has 0 aliphatic rings. The van der Waals surface area contributed by atoms with Crippen LogP contribution >= 0.6 is 0 Å². The van der Waals surface area contributed by atoms with E-state index in [9.17, 15) is 19.7 Å². The summed E-state index contributed by atoms with van der Waals surface area (Å²) in [7, 11) is 0. The van der Waals surface area contributed by atoms with E-state index in [1.165, 1.54) is 12.1 Å². The zero-order chi connectivity index (χ0) is 20.8. The Morgan fingerprint density at radius 3 is 2.28 bits per heavy atom. The van der Waals surface area contributed by atoms with Gasteiger partial charge in [-0.15, -0.1) is 0 Å². The van der Waals surface area contributed by atoms with Gasteiger partial charge in [0.1, 0.15) is 5.75 Å². The Balaban J connectivity index is 1.59. The average Bonchev–Trinajstić information content (AvgIpc) is 2.74. The van der Waals surface area contributed by atoms with Crippen LogP contribution in [0.1, 0.15) is 21.5 Å². The molecule has 7 heteroatoms. The van der Waals surface area contributed by atoms with Gasteiger partial charge in [-0.25, -0.2) is 0 Å². The van der Waals surface area contributed by atoms with E-state index in [-0.39, 0.29) is 18.1 Å². The quantitative estimate of drug-likeness (QED) is 0.371. The van der Waals surface area contributed by atoms with Gasteiger partial charge >= 0.3 is 0 Å². The van der Waals surface area contributed by atoms with Crippen molar-refractivity contribution in [2.24, 2.45) is 0 Å². The third-order valence-corrected chi connectivity index (χ3v) is 4.23. The predicted octanol–water partition coefficient (Wildman–Crippen LogP) is 4.15. The SMILES string of the molecule is Cc1ccc([N+](=O)[O-])cc1NC(=O)COc1ccc(C(=O)c2ccccc2)cc1. The maximum absolute atomic E-state index is 12.4. The van der Waals surface area contributed by atoms with Crippen molar-refractivity contribution in [3.05, 3.63) is 99.6 Å². The number of rotatable bonds is 7. The lowest BCUT2D eigenvalue weighted by atomic mass is 10.0. The van der Waals surface area contributed by atoms with Crippen molar-refractivity contribution in [1.29, 1.82) is 0 Å². The molecule has 0 aromatic heterocycles. The molecule has 0 bridgehead atoms. The third-order valence-electron chi connectivity index (χ3n) is 4.23. The van der Waals surface area contributed by atoms with Crippen LogP contribution in [-0.2, 0) is 4.79 Å². The van der Waals surface area contributed by atoms with Crippen molar-refractivity contribution in [1.82, 2.24) is 0 Å². The molecular formula is C22H18N2O5. The molecule has 3 aromatic carbocycles. The van der Waals surface area contributed by atoms with Gasteiger partial charge in [-0.2, -0.15) is 0 Å². The molecule has 0 fully saturated rings. The number of nitrogens with zero attached hydrogens (tertiary/aromatic N) is 1. The molecule has 1 amide bonds. The fourth-order valence-electron chi connectivity index (χ4n) is 2.65. The van der Waals surface area contributed by atoms with Crippen molar-refractivity contribution >= 4 is 23.1 Å². The first-order valence-electron chi connectivity index (χ1n) is 8.81. The van der Waals surface area contributed by atoms with E-state index in [0.29, 0.717) is 28.1 Å². The van der Waals surface area contributed by atoms with Gasteiger partial charge < -0.3 is 10.1 Å². The van der Waals surface area contributed by atoms with Crippen LogP contribution in [0, 0.1) is 17.0 Å². The molecule has 1 N–H and O–H groups in total. The van der Waals surface area contributed by atoms with E-state index >= 15 is 0 Å². The lowest BCUT2D eigenvalue weighted by Gasteiger charge is -2.10. The van der Waals surface area contributed by atoms with E-state index < -0.39 is 10.8 Å². The van der Waals surface area contributed by atoms with E-state index in [0.717, 1.165) is 0 Å². The van der Waals surface area contributed by atoms with Gasteiger partial charge in [0, 0.05) is 23.3 Å². The second-order valence-corrected chi connectivity index (χ2v) is 6.31. The van der Waals surface area contributed by atoms with Crippen molar-refractivity contribution < 1.29 is 19.2 Å². The number of nitrogens with one attached hydrogen (secondary N) is 1. The van der Waals surface area contributed by atoms with Gasteiger partial charge in [0.25, 0.3) is 11.6 Å². The molecule has 0 radical (unpaired) electrons. The first-order valence-corrected chi connectivity index (χ1v) is 8.81. The number of non-ortho nitro benzene ring substituents is 1. The number of carbonyl (C=O) groups excluding carboxylic acids is 2. The monoisotopic (exact) mass is 390 g/mol. The van der Waals surface area contributed by atoms with Gasteiger partial charge in [-0.05, 0) is 36.8 Å². The predicted molar refractivity (Wildman–Crippen MR) is 108 cm³/mol. The van der Waals surface area contributed by atoms with Gasteiger partial charge in [-0.1, -0.05) is 36.4 Å². The summed E-state index contributed by atoms with van der Waals surface area (Å²) in [6.07, 6.45) is 0. The zero-order valence-corrected chi connectivity index (χ0v) is 15.6. The number of benzene rings is 3. The van der Waals surface area contributed by atoms with Gasteiger partial charge in [0.2, 0.25) is 0 Å². The normalized spacial score (nSPS) is 10.2. The number of nitro groups is 1. The van der Waals surface area contributed by atoms with Crippen LogP contribution in [0.3, 0.4) is 0 Å². The number of ketones is 1. The summed E-state index contributed by atoms with van der Waals surface area (Å²) in [5, 5.41) is 13.5. The van der Waals surface area contributed by atoms with E-state index in [1.54, 1.807) is 61.5 Å². The number of amides is 1. The summed E-state index contributed by atoms with van der Waals surface area (Å²) >= 11 is 0. The van der Waals surface area contributed by atoms with E-state index in [1.807, 2.05) is 6.07 Å². The van der Waals surface area contributed by atoms with E-state index in [4.69, 9.17) is 4.74 Å². The number of hydrogen-bond donors (Lipinski definition) is 1. The standard InChI is InChI=1S/C22H18N2O5/c1-15-7-10-18(24(27)28)13-20(15)23-21(25)14-29-19-11-8-17(9-12-19)22(26)16-5-3-2-4-6-16/h2-13H,14H2,1H3,(H,23,25). The van der Waals surface area contributed by atoms with Crippen LogP contribution in [0.15, 0.2) is 72.8 Å². The average molecular weight is 390 g/mol. The van der Waals surface area contributed by atoms with E-state index in [2.05, 4.69) is 5.32 Å². The molecule has 0 saturated heterocycles. The molecule has 0 saturated carbocycles. The molecule has 3 aromatic rings. The molecule has 3 rings (SSSR count). The number of aryl methyl sites for hydroxylation is 1. The van der Waals surface area contributed by atoms with Crippen LogP contribution in [-0.4, -0.2) is 23.2 Å². The Labute approximate surface area is 167 Å². The summed E-state index contributed by atoms with van der Waals surface area (Å²) in [5.41, 5.74) is 2.06. The topological polar surface area (TPSA) is 98.5 Å². The highest BCUT2D eigenvalue weighted by atomic mass is 16.6. The Hall–Kier alpha value is -4.00. The number of carbonyl (C=O) groups is 2. The Morgan fingerprint density at radius 1 is 0.966 bits per heavy atom. The first kappa shape index (κ1) is 19.8. The molecule has 0 heterocycles. The van der Waals surface area contributed by atoms with Crippen molar-refractivity contribution in [3.8, 4) is 5.75 Å². The minimum Gasteiger partial charge on any atom is -0.484 e. The molecular weight excluding hydrogens is 372 g/mol. The molecule has 146 valence electrons. The molecule has 0 aliphatic carbocycles. The maximum Gasteiger partial charge on any atom is 0.271 e. The fraction of sp³-hybridized carbons (Fsp3) is 0.0909. The Kier molecular flexibility index (Phi) is 5.99. The summed E-state index contributed by atoms with van der Waals surface area (Å²) in [6.45, 7) is 1.47. The molecule has 0 aliphatic heterocycles. The first-order chi connectivity index (χ1) is 13.9. The molecule has 7 nitrogen and oxygen atoms in total. The number of ether oxygens (including phenoxy) is 1. The van der Waals surface area contributed by atoms with Crippen LogP contribution in [0.25, 0.3) is 0 Å². The van der Waals surface area contributed by atoms with Gasteiger partial charge in [-0.3, -0.25) is 19.7 Å². The fourth-order valence-corrected chi connectivity index (χ4v) is 2.65. The van der Waals surface area contributed by atoms with Crippen molar-refractivity contribution in [3.63, 3.8) is 0 Å². The zero-order valence-electron chi connectivity index (χ0n) is 15.6. The minimum absolute atomic E-state index is 0.101. The second kappa shape index (κ2) is 8.79. The summed E-state index contributed by atoms with van der Waals surface area (Å²) in [6, 6.07) is 19.7. The van der Waals surface area contributed by atoms with Crippen LogP contribution in [0.4, 0.5) is 11.4 Å². The maximum atomic E-state index is 12.4. The highest BCUT2D eigenvalue weighted by Gasteiger charge is 2.12. The highest BCUT2D eigenvalue weighted by Crippen LogP contribution is 2.22. The molecule has 0 atom stereocenters. The smallest absolute Gasteiger partial charge is 0.271 e. The Morgan fingerprint density at radius 2 is 1.62 bits per heavy atom. The van der Waals surface area contributed by atoms with Crippen molar-refractivity contribution in [2.45, 2.75) is 6.92 Å². The molecule has 0 unspecified atom stereocenters. The largest absolute Gasteiger partial charge is 0.484 e. The Bertz CT molecular complexity index is 1050. The number of nitro benzene ring substituents is 1. The lowest BCUT2D eigenvalue weighted by molar-refractivity contribution is -0.384. The van der Waals surface area contributed by atoms with Crippen LogP contribution < -0.4 is 10.1 Å². The summed E-state index contributed by atoms with van der Waals surface area (Å²) in [4.78, 5) is 34.8. The second-order valence-electron chi connectivity index (χ2n) is 6.31. The number of hydrogen-bond acceptors (Lipinski definition) is 5. The summed E-state index contributed by atoms with van der Waals surface area (Å²) in [5.74, 6) is -0.116. The highest BCUT2D eigenvalue weighted by molar-refractivity contribution is 6.09. The number of anilines is 1.